The average Bonchev–Trinajstić information content (AvgIpc) is 2.68. The lowest BCUT2D eigenvalue weighted by Gasteiger charge is -2.38. The van der Waals surface area contributed by atoms with E-state index in [1.165, 1.54) is 10.7 Å². The van der Waals surface area contributed by atoms with Gasteiger partial charge in [0.25, 0.3) is 0 Å². The fraction of sp³-hybridized carbons (Fsp3) is 0.650. The van der Waals surface area contributed by atoms with Crippen molar-refractivity contribution >= 4 is 15.9 Å². The van der Waals surface area contributed by atoms with Crippen molar-refractivity contribution in [2.45, 2.75) is 50.5 Å². The summed E-state index contributed by atoms with van der Waals surface area (Å²) in [5.41, 5.74) is 1.04. The number of hydrogen-bond donors (Lipinski definition) is 0. The van der Waals surface area contributed by atoms with Crippen molar-refractivity contribution in [3.63, 3.8) is 0 Å². The van der Waals surface area contributed by atoms with E-state index in [4.69, 9.17) is 0 Å². The Morgan fingerprint density at radius 1 is 1.04 bits per heavy atom. The molecule has 2 fully saturated rings. The molecule has 1 atom stereocenters. The molecule has 0 N–H and O–H groups in total. The first kappa shape index (κ1) is 20.3. The van der Waals surface area contributed by atoms with Crippen LogP contribution in [-0.4, -0.2) is 73.7 Å². The van der Waals surface area contributed by atoms with E-state index in [0.29, 0.717) is 43.7 Å². The predicted molar refractivity (Wildman–Crippen MR) is 106 cm³/mol. The van der Waals surface area contributed by atoms with Gasteiger partial charge in [-0.05, 0) is 44.7 Å². The second-order valence-electron chi connectivity index (χ2n) is 7.64. The summed E-state index contributed by atoms with van der Waals surface area (Å²) in [5.74, 6) is 0.191. The number of piperidine rings is 1. The standard InChI is InChI=1S/C20H31N3O3S/c1-3-18-6-4-5-11-23(18)20(24)16-21-12-14-22(15-13-21)27(25,26)19-9-7-17(2)8-10-19/h7-10,18H,3-6,11-16H2,1-2H3/t18-/m0/s1. The minimum atomic E-state index is -3.45. The highest BCUT2D eigenvalue weighted by atomic mass is 32.2. The zero-order chi connectivity index (χ0) is 19.4. The summed E-state index contributed by atoms with van der Waals surface area (Å²) >= 11 is 0. The molecule has 3 rings (SSSR count). The Bertz CT molecular complexity index is 740. The highest BCUT2D eigenvalue weighted by molar-refractivity contribution is 7.89. The van der Waals surface area contributed by atoms with E-state index < -0.39 is 10.0 Å². The minimum Gasteiger partial charge on any atom is -0.339 e. The Hall–Kier alpha value is -1.44. The van der Waals surface area contributed by atoms with Crippen LogP contribution in [-0.2, 0) is 14.8 Å². The number of likely N-dealkylation sites (tertiary alicyclic amines) is 1. The van der Waals surface area contributed by atoms with Crippen molar-refractivity contribution in [1.29, 1.82) is 0 Å². The maximum Gasteiger partial charge on any atom is 0.243 e. The predicted octanol–water partition coefficient (Wildman–Crippen LogP) is 2.09. The number of aryl methyl sites for hydroxylation is 1. The molecule has 2 saturated heterocycles. The van der Waals surface area contributed by atoms with Crippen LogP contribution in [0.25, 0.3) is 0 Å². The van der Waals surface area contributed by atoms with E-state index in [0.717, 1.165) is 31.4 Å². The van der Waals surface area contributed by atoms with Crippen molar-refractivity contribution in [3.8, 4) is 0 Å². The monoisotopic (exact) mass is 393 g/mol. The van der Waals surface area contributed by atoms with Gasteiger partial charge in [-0.25, -0.2) is 8.42 Å². The summed E-state index contributed by atoms with van der Waals surface area (Å²) in [6.45, 7) is 7.40. The topological polar surface area (TPSA) is 60.9 Å². The molecule has 2 aliphatic rings. The molecular weight excluding hydrogens is 362 g/mol. The van der Waals surface area contributed by atoms with E-state index in [2.05, 4.69) is 11.8 Å². The smallest absolute Gasteiger partial charge is 0.243 e. The van der Waals surface area contributed by atoms with Crippen LogP contribution in [0, 0.1) is 6.92 Å². The van der Waals surface area contributed by atoms with Gasteiger partial charge in [0.1, 0.15) is 0 Å². The first-order chi connectivity index (χ1) is 12.9. The zero-order valence-electron chi connectivity index (χ0n) is 16.4. The lowest BCUT2D eigenvalue weighted by molar-refractivity contribution is -0.136. The molecule has 0 bridgehead atoms. The largest absolute Gasteiger partial charge is 0.339 e. The Morgan fingerprint density at radius 2 is 1.70 bits per heavy atom. The summed E-state index contributed by atoms with van der Waals surface area (Å²) in [6.07, 6.45) is 4.40. The molecule has 2 heterocycles. The number of sulfonamides is 1. The number of carbonyl (C=O) groups excluding carboxylic acids is 1. The molecule has 0 aromatic heterocycles. The lowest BCUT2D eigenvalue weighted by Crippen LogP contribution is -2.53. The van der Waals surface area contributed by atoms with Crippen LogP contribution in [0.2, 0.25) is 0 Å². The number of hydrogen-bond acceptors (Lipinski definition) is 4. The van der Waals surface area contributed by atoms with Crippen molar-refractivity contribution in [1.82, 2.24) is 14.1 Å². The molecule has 7 heteroatoms. The number of amides is 1. The Labute approximate surface area is 163 Å². The molecule has 1 amide bonds. The first-order valence-electron chi connectivity index (χ1n) is 10.0. The van der Waals surface area contributed by atoms with Gasteiger partial charge in [-0.1, -0.05) is 24.6 Å². The quantitative estimate of drug-likeness (QED) is 0.769. The number of carbonyl (C=O) groups is 1. The van der Waals surface area contributed by atoms with E-state index in [1.54, 1.807) is 12.1 Å². The molecular formula is C20H31N3O3S. The van der Waals surface area contributed by atoms with Crippen LogP contribution in [0.5, 0.6) is 0 Å². The molecule has 0 radical (unpaired) electrons. The van der Waals surface area contributed by atoms with Gasteiger partial charge in [-0.15, -0.1) is 0 Å². The van der Waals surface area contributed by atoms with Gasteiger partial charge in [-0.2, -0.15) is 4.31 Å². The number of benzene rings is 1. The van der Waals surface area contributed by atoms with Gasteiger partial charge in [0.2, 0.25) is 15.9 Å². The fourth-order valence-electron chi connectivity index (χ4n) is 4.02. The number of nitrogens with zero attached hydrogens (tertiary/aromatic N) is 3. The maximum atomic E-state index is 12.8. The third kappa shape index (κ3) is 4.70. The van der Waals surface area contributed by atoms with Crippen LogP contribution < -0.4 is 0 Å². The van der Waals surface area contributed by atoms with Crippen LogP contribution in [0.4, 0.5) is 0 Å². The molecule has 0 aliphatic carbocycles. The SMILES string of the molecule is CC[C@H]1CCCCN1C(=O)CN1CCN(S(=O)(=O)c2ccc(C)cc2)CC1. The number of rotatable bonds is 5. The van der Waals surface area contributed by atoms with Gasteiger partial charge >= 0.3 is 0 Å². The highest BCUT2D eigenvalue weighted by Crippen LogP contribution is 2.21. The highest BCUT2D eigenvalue weighted by Gasteiger charge is 2.31. The third-order valence-electron chi connectivity index (χ3n) is 5.77. The second-order valence-corrected chi connectivity index (χ2v) is 9.58. The Balaban J connectivity index is 1.55. The van der Waals surface area contributed by atoms with Crippen LogP contribution >= 0.6 is 0 Å². The Morgan fingerprint density at radius 3 is 2.33 bits per heavy atom. The summed E-state index contributed by atoms with van der Waals surface area (Å²) in [4.78, 5) is 17.2. The molecule has 2 aliphatic heterocycles. The van der Waals surface area contributed by atoms with Crippen LogP contribution in [0.15, 0.2) is 29.2 Å². The van der Waals surface area contributed by atoms with E-state index in [-0.39, 0.29) is 5.91 Å². The molecule has 27 heavy (non-hydrogen) atoms. The molecule has 1 aromatic rings. The normalized spacial score (nSPS) is 22.7. The van der Waals surface area contributed by atoms with Crippen molar-refractivity contribution in [2.24, 2.45) is 0 Å². The van der Waals surface area contributed by atoms with Gasteiger partial charge < -0.3 is 4.90 Å². The van der Waals surface area contributed by atoms with E-state index >= 15 is 0 Å². The first-order valence-corrected chi connectivity index (χ1v) is 11.4. The molecule has 0 unspecified atom stereocenters. The van der Waals surface area contributed by atoms with Crippen LogP contribution in [0.3, 0.4) is 0 Å². The summed E-state index contributed by atoms with van der Waals surface area (Å²) < 4.78 is 27.1. The molecule has 1 aromatic carbocycles. The molecule has 150 valence electrons. The second kappa shape index (κ2) is 8.71. The van der Waals surface area contributed by atoms with Gasteiger partial charge in [-0.3, -0.25) is 9.69 Å². The number of piperazine rings is 1. The van der Waals surface area contributed by atoms with Crippen molar-refractivity contribution in [3.05, 3.63) is 29.8 Å². The average molecular weight is 394 g/mol. The summed E-state index contributed by atoms with van der Waals surface area (Å²) in [6, 6.07) is 7.35. The van der Waals surface area contributed by atoms with Crippen molar-refractivity contribution in [2.75, 3.05) is 39.3 Å². The third-order valence-corrected chi connectivity index (χ3v) is 7.68. The van der Waals surface area contributed by atoms with E-state index in [9.17, 15) is 13.2 Å². The zero-order valence-corrected chi connectivity index (χ0v) is 17.2. The van der Waals surface area contributed by atoms with Crippen LogP contribution in [0.1, 0.15) is 38.2 Å². The Kier molecular flexibility index (Phi) is 6.55. The maximum absolute atomic E-state index is 12.8. The van der Waals surface area contributed by atoms with Crippen molar-refractivity contribution < 1.29 is 13.2 Å². The molecule has 0 saturated carbocycles. The molecule has 0 spiro atoms. The summed E-state index contributed by atoms with van der Waals surface area (Å²) in [5, 5.41) is 0. The molecule has 6 nitrogen and oxygen atoms in total. The fourth-order valence-corrected chi connectivity index (χ4v) is 5.44. The lowest BCUT2D eigenvalue weighted by atomic mass is 10.00. The van der Waals surface area contributed by atoms with Gasteiger partial charge in [0, 0.05) is 38.8 Å². The minimum absolute atomic E-state index is 0.191. The van der Waals surface area contributed by atoms with E-state index in [1.807, 2.05) is 24.0 Å². The van der Waals surface area contributed by atoms with Gasteiger partial charge in [0.05, 0.1) is 11.4 Å². The van der Waals surface area contributed by atoms with Gasteiger partial charge in [0.15, 0.2) is 0 Å². The summed E-state index contributed by atoms with van der Waals surface area (Å²) in [7, 11) is -3.45.